The van der Waals surface area contributed by atoms with Crippen LogP contribution in [0.4, 0.5) is 4.39 Å². The number of halogens is 2. The topological polar surface area (TPSA) is 59.3 Å². The van der Waals surface area contributed by atoms with E-state index in [9.17, 15) is 12.8 Å². The van der Waals surface area contributed by atoms with E-state index < -0.39 is 15.8 Å². The maximum absolute atomic E-state index is 13.2. The van der Waals surface area contributed by atoms with Gasteiger partial charge in [-0.3, -0.25) is 0 Å². The Labute approximate surface area is 147 Å². The first-order valence-electron chi connectivity index (χ1n) is 6.97. The third-order valence-electron chi connectivity index (χ3n) is 3.51. The smallest absolute Gasteiger partial charge is 0.240 e. The van der Waals surface area contributed by atoms with Gasteiger partial charge in [0, 0.05) is 6.54 Å². The standard InChI is InChI=1S/C16H13ClFNO3S2/c17-14-8-12(3-4-15(14)18)24(20,21)19-9-13(11-5-7-23-10-11)16-2-1-6-22-16/h1-8,10,13,19H,9H2. The zero-order chi connectivity index (χ0) is 17.2. The molecule has 0 bridgehead atoms. The van der Waals surface area contributed by atoms with E-state index in [1.165, 1.54) is 17.4 Å². The van der Waals surface area contributed by atoms with Crippen LogP contribution in [0.1, 0.15) is 17.2 Å². The summed E-state index contributed by atoms with van der Waals surface area (Å²) in [4.78, 5) is -0.0857. The lowest BCUT2D eigenvalue weighted by Crippen LogP contribution is -2.28. The number of benzene rings is 1. The summed E-state index contributed by atoms with van der Waals surface area (Å²) >= 11 is 7.18. The molecular formula is C16H13ClFNO3S2. The molecule has 1 N–H and O–H groups in total. The van der Waals surface area contributed by atoms with Gasteiger partial charge in [-0.2, -0.15) is 11.3 Å². The molecule has 0 saturated heterocycles. The normalized spacial score (nSPS) is 13.1. The number of furan rings is 1. The highest BCUT2D eigenvalue weighted by atomic mass is 35.5. The predicted octanol–water partition coefficient (Wildman–Crippen LogP) is 4.24. The Morgan fingerprint density at radius 1 is 1.29 bits per heavy atom. The van der Waals surface area contributed by atoms with Gasteiger partial charge < -0.3 is 4.42 Å². The number of hydrogen-bond acceptors (Lipinski definition) is 4. The Balaban J connectivity index is 1.82. The molecule has 0 radical (unpaired) electrons. The third kappa shape index (κ3) is 3.70. The lowest BCUT2D eigenvalue weighted by molar-refractivity contribution is 0.481. The molecule has 2 heterocycles. The Bertz CT molecular complexity index is 875. The summed E-state index contributed by atoms with van der Waals surface area (Å²) in [6.45, 7) is 0.113. The molecule has 0 amide bonds. The van der Waals surface area contributed by atoms with Gasteiger partial charge in [-0.05, 0) is 52.7 Å². The second kappa shape index (κ2) is 7.06. The Kier molecular flexibility index (Phi) is 5.05. The van der Waals surface area contributed by atoms with Crippen LogP contribution >= 0.6 is 22.9 Å². The lowest BCUT2D eigenvalue weighted by atomic mass is 10.00. The first-order chi connectivity index (χ1) is 11.5. The van der Waals surface area contributed by atoms with E-state index in [0.717, 1.165) is 17.7 Å². The van der Waals surface area contributed by atoms with Crippen LogP contribution in [-0.2, 0) is 10.0 Å². The van der Waals surface area contributed by atoms with Gasteiger partial charge in [0.05, 0.1) is 22.1 Å². The monoisotopic (exact) mass is 385 g/mol. The molecule has 24 heavy (non-hydrogen) atoms. The fourth-order valence-corrected chi connectivity index (χ4v) is 4.30. The van der Waals surface area contributed by atoms with E-state index in [4.69, 9.17) is 16.0 Å². The Morgan fingerprint density at radius 3 is 2.75 bits per heavy atom. The minimum atomic E-state index is -3.82. The van der Waals surface area contributed by atoms with Crippen molar-refractivity contribution in [3.63, 3.8) is 0 Å². The highest BCUT2D eigenvalue weighted by molar-refractivity contribution is 7.89. The van der Waals surface area contributed by atoms with Gasteiger partial charge in [-0.1, -0.05) is 11.6 Å². The van der Waals surface area contributed by atoms with Gasteiger partial charge in [0.1, 0.15) is 11.6 Å². The molecule has 0 spiro atoms. The molecular weight excluding hydrogens is 373 g/mol. The molecule has 0 saturated carbocycles. The van der Waals surface area contributed by atoms with E-state index in [2.05, 4.69) is 4.72 Å². The van der Waals surface area contributed by atoms with Crippen LogP contribution in [0.5, 0.6) is 0 Å². The van der Waals surface area contributed by atoms with Crippen LogP contribution in [-0.4, -0.2) is 15.0 Å². The van der Waals surface area contributed by atoms with E-state index in [0.29, 0.717) is 5.76 Å². The molecule has 0 aliphatic rings. The van der Waals surface area contributed by atoms with Gasteiger partial charge in [-0.15, -0.1) is 0 Å². The molecule has 3 aromatic rings. The Morgan fingerprint density at radius 2 is 2.12 bits per heavy atom. The molecule has 8 heteroatoms. The van der Waals surface area contributed by atoms with Crippen molar-refractivity contribution in [2.45, 2.75) is 10.8 Å². The van der Waals surface area contributed by atoms with Crippen molar-refractivity contribution in [2.75, 3.05) is 6.54 Å². The average Bonchev–Trinajstić information content (AvgIpc) is 3.24. The van der Waals surface area contributed by atoms with Gasteiger partial charge in [0.25, 0.3) is 0 Å². The molecule has 1 atom stereocenters. The van der Waals surface area contributed by atoms with Crippen molar-refractivity contribution in [1.29, 1.82) is 0 Å². The first kappa shape index (κ1) is 17.2. The summed E-state index contributed by atoms with van der Waals surface area (Å²) in [5.41, 5.74) is 0.954. The maximum atomic E-state index is 13.2. The number of rotatable bonds is 6. The summed E-state index contributed by atoms with van der Waals surface area (Å²) in [7, 11) is -3.82. The van der Waals surface area contributed by atoms with Crippen molar-refractivity contribution < 1.29 is 17.2 Å². The number of thiophene rings is 1. The third-order valence-corrected chi connectivity index (χ3v) is 5.92. The first-order valence-corrected chi connectivity index (χ1v) is 9.78. The molecule has 0 aliphatic carbocycles. The summed E-state index contributed by atoms with van der Waals surface area (Å²) in [6, 6.07) is 8.76. The lowest BCUT2D eigenvalue weighted by Gasteiger charge is -2.15. The minimum absolute atomic E-state index is 0.0857. The second-order valence-electron chi connectivity index (χ2n) is 5.05. The second-order valence-corrected chi connectivity index (χ2v) is 8.01. The number of nitrogens with one attached hydrogen (secondary N) is 1. The Hall–Kier alpha value is -1.67. The van der Waals surface area contributed by atoms with E-state index >= 15 is 0 Å². The summed E-state index contributed by atoms with van der Waals surface area (Å²) in [5, 5.41) is 3.62. The maximum Gasteiger partial charge on any atom is 0.240 e. The van der Waals surface area contributed by atoms with Crippen LogP contribution < -0.4 is 4.72 Å². The van der Waals surface area contributed by atoms with Crippen molar-refractivity contribution in [1.82, 2.24) is 4.72 Å². The molecule has 3 rings (SSSR count). The van der Waals surface area contributed by atoms with Crippen LogP contribution in [0.25, 0.3) is 0 Å². The summed E-state index contributed by atoms with van der Waals surface area (Å²) in [5.74, 6) is -0.257. The number of sulfonamides is 1. The van der Waals surface area contributed by atoms with Gasteiger partial charge in [-0.25, -0.2) is 17.5 Å². The summed E-state index contributed by atoms with van der Waals surface area (Å²) < 4.78 is 46.0. The molecule has 1 unspecified atom stereocenters. The van der Waals surface area contributed by atoms with Gasteiger partial charge in [0.15, 0.2) is 0 Å². The van der Waals surface area contributed by atoms with Crippen LogP contribution in [0.15, 0.2) is 62.7 Å². The minimum Gasteiger partial charge on any atom is -0.469 e. The van der Waals surface area contributed by atoms with Crippen LogP contribution in [0.2, 0.25) is 5.02 Å². The van der Waals surface area contributed by atoms with Gasteiger partial charge in [0.2, 0.25) is 10.0 Å². The molecule has 4 nitrogen and oxygen atoms in total. The quantitative estimate of drug-likeness (QED) is 0.690. The van der Waals surface area contributed by atoms with Crippen LogP contribution in [0, 0.1) is 5.82 Å². The van der Waals surface area contributed by atoms with E-state index in [1.807, 2.05) is 16.8 Å². The van der Waals surface area contributed by atoms with Gasteiger partial charge >= 0.3 is 0 Å². The fraction of sp³-hybridized carbons (Fsp3) is 0.125. The van der Waals surface area contributed by atoms with E-state index in [-0.39, 0.29) is 22.4 Å². The SMILES string of the molecule is O=S(=O)(NCC(c1ccsc1)c1ccco1)c1ccc(F)c(Cl)c1. The highest BCUT2D eigenvalue weighted by Gasteiger charge is 2.22. The van der Waals surface area contributed by atoms with Crippen molar-refractivity contribution in [3.8, 4) is 0 Å². The number of hydrogen-bond donors (Lipinski definition) is 1. The summed E-state index contributed by atoms with van der Waals surface area (Å²) in [6.07, 6.45) is 1.54. The molecule has 0 fully saturated rings. The molecule has 2 aromatic heterocycles. The zero-order valence-electron chi connectivity index (χ0n) is 12.3. The predicted molar refractivity (Wildman–Crippen MR) is 91.5 cm³/mol. The molecule has 0 aliphatic heterocycles. The average molecular weight is 386 g/mol. The van der Waals surface area contributed by atoms with Crippen molar-refractivity contribution in [2.24, 2.45) is 0 Å². The largest absolute Gasteiger partial charge is 0.469 e. The van der Waals surface area contributed by atoms with E-state index in [1.54, 1.807) is 18.4 Å². The molecule has 1 aromatic carbocycles. The fourth-order valence-electron chi connectivity index (χ4n) is 2.27. The van der Waals surface area contributed by atoms with Crippen molar-refractivity contribution in [3.05, 3.63) is 75.6 Å². The van der Waals surface area contributed by atoms with Crippen LogP contribution in [0.3, 0.4) is 0 Å². The molecule has 126 valence electrons. The highest BCUT2D eigenvalue weighted by Crippen LogP contribution is 2.27. The zero-order valence-corrected chi connectivity index (χ0v) is 14.7. The van der Waals surface area contributed by atoms with Crippen molar-refractivity contribution >= 4 is 33.0 Å².